The van der Waals surface area contributed by atoms with Crippen LogP contribution >= 0.6 is 0 Å². The maximum Gasteiger partial charge on any atom is 0.148 e. The fraction of sp³-hybridized carbons (Fsp3) is 0.211. The lowest BCUT2D eigenvalue weighted by molar-refractivity contribution is 0.404. The second-order valence-corrected chi connectivity index (χ2v) is 5.78. The quantitative estimate of drug-likeness (QED) is 0.788. The number of hydrogen-bond acceptors (Lipinski definition) is 4. The number of fused-ring (bicyclic) bond motifs is 1. The summed E-state index contributed by atoms with van der Waals surface area (Å²) in [5, 5.41) is 8.01. The number of nitrogens with zero attached hydrogens (tertiary/aromatic N) is 2. The monoisotopic (exact) mass is 339 g/mol. The van der Waals surface area contributed by atoms with E-state index in [4.69, 9.17) is 14.6 Å². The van der Waals surface area contributed by atoms with Gasteiger partial charge in [-0.1, -0.05) is 12.1 Å². The average molecular weight is 339 g/mol. The molecule has 0 amide bonds. The van der Waals surface area contributed by atoms with Gasteiger partial charge in [0.2, 0.25) is 0 Å². The van der Waals surface area contributed by atoms with Crippen LogP contribution in [-0.2, 0) is 6.42 Å². The van der Waals surface area contributed by atoms with Crippen molar-refractivity contribution in [3.63, 3.8) is 0 Å². The Kier molecular flexibility index (Phi) is 3.80. The molecule has 0 bridgehead atoms. The molecule has 0 atom stereocenters. The number of benzene rings is 2. The van der Waals surface area contributed by atoms with Crippen LogP contribution in [0.1, 0.15) is 5.56 Å². The number of aromatic nitrogens is 2. The van der Waals surface area contributed by atoms with E-state index in [-0.39, 0.29) is 5.82 Å². The van der Waals surface area contributed by atoms with Gasteiger partial charge in [0.05, 0.1) is 14.2 Å². The van der Waals surface area contributed by atoms with Crippen LogP contribution in [0, 0.1) is 5.82 Å². The first kappa shape index (κ1) is 15.5. The summed E-state index contributed by atoms with van der Waals surface area (Å²) in [6.07, 6.45) is 0.819. The standard InChI is InChI=1S/C19H18FN3O2/c1-24-12-7-8-17(25-2)14(11-12)18-13-9-10-21-19(13)23(22-18)16-6-4-3-5-15(16)20/h3-8,11,21H,9-10H2,1-2H3. The van der Waals surface area contributed by atoms with Crippen molar-refractivity contribution in [1.82, 2.24) is 9.78 Å². The topological polar surface area (TPSA) is 48.3 Å². The number of rotatable bonds is 4. The third-order valence-corrected chi connectivity index (χ3v) is 4.39. The van der Waals surface area contributed by atoms with Crippen LogP contribution in [0.2, 0.25) is 0 Å². The van der Waals surface area contributed by atoms with Crippen molar-refractivity contribution in [3.8, 4) is 28.4 Å². The minimum absolute atomic E-state index is 0.314. The molecule has 1 aliphatic rings. The number of hydrogen-bond donors (Lipinski definition) is 1. The first-order chi connectivity index (χ1) is 12.2. The van der Waals surface area contributed by atoms with Crippen molar-refractivity contribution in [2.45, 2.75) is 6.42 Å². The van der Waals surface area contributed by atoms with Crippen molar-refractivity contribution in [1.29, 1.82) is 0 Å². The van der Waals surface area contributed by atoms with Gasteiger partial charge in [-0.2, -0.15) is 5.10 Å². The molecular weight excluding hydrogens is 321 g/mol. The van der Waals surface area contributed by atoms with Crippen molar-refractivity contribution in [2.24, 2.45) is 0 Å². The zero-order chi connectivity index (χ0) is 17.4. The van der Waals surface area contributed by atoms with Crippen LogP contribution in [0.5, 0.6) is 11.5 Å². The number of anilines is 1. The summed E-state index contributed by atoms with van der Waals surface area (Å²) in [4.78, 5) is 0. The Hall–Kier alpha value is -3.02. The third kappa shape index (κ3) is 2.50. The van der Waals surface area contributed by atoms with E-state index in [9.17, 15) is 4.39 Å². The normalized spacial score (nSPS) is 12.6. The minimum atomic E-state index is -0.314. The minimum Gasteiger partial charge on any atom is -0.497 e. The van der Waals surface area contributed by atoms with Gasteiger partial charge in [0.25, 0.3) is 0 Å². The molecule has 25 heavy (non-hydrogen) atoms. The molecule has 0 aliphatic carbocycles. The summed E-state index contributed by atoms with van der Waals surface area (Å²) in [6.45, 7) is 0.793. The summed E-state index contributed by atoms with van der Waals surface area (Å²) in [7, 11) is 3.24. The fourth-order valence-electron chi connectivity index (χ4n) is 3.19. The van der Waals surface area contributed by atoms with Gasteiger partial charge in [0.1, 0.15) is 34.5 Å². The molecule has 4 rings (SSSR count). The first-order valence-electron chi connectivity index (χ1n) is 8.06. The van der Waals surface area contributed by atoms with E-state index in [1.54, 1.807) is 37.1 Å². The molecule has 5 nitrogen and oxygen atoms in total. The SMILES string of the molecule is COc1ccc(OC)c(-c2nn(-c3ccccc3F)c3c2CCN3)c1. The Labute approximate surface area is 145 Å². The Morgan fingerprint density at radius 3 is 2.72 bits per heavy atom. The first-order valence-corrected chi connectivity index (χ1v) is 8.06. The maximum absolute atomic E-state index is 14.3. The lowest BCUT2D eigenvalue weighted by atomic mass is 10.1. The fourth-order valence-corrected chi connectivity index (χ4v) is 3.19. The molecule has 0 radical (unpaired) electrons. The van der Waals surface area contributed by atoms with Gasteiger partial charge < -0.3 is 14.8 Å². The number of halogens is 1. The van der Waals surface area contributed by atoms with Crippen LogP contribution in [0.4, 0.5) is 10.2 Å². The summed E-state index contributed by atoms with van der Waals surface area (Å²) in [6, 6.07) is 12.2. The van der Waals surface area contributed by atoms with Crippen LogP contribution in [-0.4, -0.2) is 30.5 Å². The molecule has 0 saturated heterocycles. The Morgan fingerprint density at radius 1 is 1.12 bits per heavy atom. The highest BCUT2D eigenvalue weighted by atomic mass is 19.1. The molecule has 1 aliphatic heterocycles. The van der Waals surface area contributed by atoms with E-state index >= 15 is 0 Å². The highest BCUT2D eigenvalue weighted by Crippen LogP contribution is 2.40. The predicted molar refractivity (Wildman–Crippen MR) is 94.3 cm³/mol. The van der Waals surface area contributed by atoms with Gasteiger partial charge in [-0.25, -0.2) is 9.07 Å². The van der Waals surface area contributed by atoms with E-state index in [0.29, 0.717) is 11.4 Å². The summed E-state index contributed by atoms with van der Waals surface area (Å²) >= 11 is 0. The van der Waals surface area contributed by atoms with Gasteiger partial charge in [0.15, 0.2) is 0 Å². The largest absolute Gasteiger partial charge is 0.497 e. The van der Waals surface area contributed by atoms with Gasteiger partial charge in [-0.3, -0.25) is 0 Å². The third-order valence-electron chi connectivity index (χ3n) is 4.39. The van der Waals surface area contributed by atoms with Gasteiger partial charge in [-0.05, 0) is 36.8 Å². The van der Waals surface area contributed by atoms with E-state index in [1.807, 2.05) is 18.2 Å². The van der Waals surface area contributed by atoms with Gasteiger partial charge in [0, 0.05) is 17.7 Å². The van der Waals surface area contributed by atoms with Crippen LogP contribution in [0.25, 0.3) is 16.9 Å². The van der Waals surface area contributed by atoms with E-state index in [2.05, 4.69) is 5.32 Å². The Balaban J connectivity index is 1.94. The summed E-state index contributed by atoms with van der Waals surface area (Å²) in [5.41, 5.74) is 3.08. The molecule has 0 fully saturated rings. The molecule has 0 saturated carbocycles. The number of para-hydroxylation sites is 1. The van der Waals surface area contributed by atoms with Crippen LogP contribution in [0.15, 0.2) is 42.5 Å². The molecule has 1 N–H and O–H groups in total. The van der Waals surface area contributed by atoms with Crippen molar-refractivity contribution in [2.75, 3.05) is 26.1 Å². The average Bonchev–Trinajstić information content (AvgIpc) is 3.24. The number of ether oxygens (including phenoxy) is 2. The molecule has 128 valence electrons. The molecule has 2 heterocycles. The van der Waals surface area contributed by atoms with Gasteiger partial charge >= 0.3 is 0 Å². The second kappa shape index (κ2) is 6.12. The highest BCUT2D eigenvalue weighted by Gasteiger charge is 2.26. The van der Waals surface area contributed by atoms with Gasteiger partial charge in [-0.15, -0.1) is 0 Å². The summed E-state index contributed by atoms with van der Waals surface area (Å²) < 4.78 is 26.8. The van der Waals surface area contributed by atoms with E-state index in [0.717, 1.165) is 41.4 Å². The zero-order valence-corrected chi connectivity index (χ0v) is 14.0. The smallest absolute Gasteiger partial charge is 0.148 e. The highest BCUT2D eigenvalue weighted by molar-refractivity contribution is 5.77. The molecule has 6 heteroatoms. The lowest BCUT2D eigenvalue weighted by Gasteiger charge is -2.10. The van der Waals surface area contributed by atoms with E-state index < -0.39 is 0 Å². The molecule has 0 unspecified atom stereocenters. The molecule has 1 aromatic heterocycles. The Bertz CT molecular complexity index is 936. The van der Waals surface area contributed by atoms with Crippen LogP contribution in [0.3, 0.4) is 0 Å². The molecular formula is C19H18FN3O2. The number of methoxy groups -OCH3 is 2. The molecule has 3 aromatic rings. The zero-order valence-electron chi connectivity index (χ0n) is 14.0. The lowest BCUT2D eigenvalue weighted by Crippen LogP contribution is -2.06. The van der Waals surface area contributed by atoms with Crippen LogP contribution < -0.4 is 14.8 Å². The summed E-state index contributed by atoms with van der Waals surface area (Å²) in [5.74, 6) is 1.93. The van der Waals surface area contributed by atoms with E-state index in [1.165, 1.54) is 6.07 Å². The van der Waals surface area contributed by atoms with Crippen molar-refractivity contribution < 1.29 is 13.9 Å². The number of nitrogens with one attached hydrogen (secondary N) is 1. The maximum atomic E-state index is 14.3. The Morgan fingerprint density at radius 2 is 1.96 bits per heavy atom. The van der Waals surface area contributed by atoms with Crippen molar-refractivity contribution >= 4 is 5.82 Å². The van der Waals surface area contributed by atoms with Crippen molar-refractivity contribution in [3.05, 3.63) is 53.8 Å². The second-order valence-electron chi connectivity index (χ2n) is 5.78. The molecule has 0 spiro atoms. The molecule has 2 aromatic carbocycles. The predicted octanol–water partition coefficient (Wildman–Crippen LogP) is 3.66.